The fourth-order valence-electron chi connectivity index (χ4n) is 1.83. The summed E-state index contributed by atoms with van der Waals surface area (Å²) in [4.78, 5) is 0.173. The summed E-state index contributed by atoms with van der Waals surface area (Å²) in [7, 11) is -3.23. The topological polar surface area (TPSA) is 81.4 Å². The first-order valence-electron chi connectivity index (χ1n) is 5.45. The molecule has 0 amide bonds. The Kier molecular flexibility index (Phi) is 3.50. The number of aliphatic hydroxyl groups excluding tert-OH is 1. The molecule has 0 aliphatic carbocycles. The number of hydrogen-bond acceptors (Lipinski definition) is 5. The molecule has 7 heteroatoms. The lowest BCUT2D eigenvalue weighted by molar-refractivity contribution is 0.0748. The van der Waals surface area contributed by atoms with Gasteiger partial charge >= 0.3 is 0 Å². The van der Waals surface area contributed by atoms with Crippen LogP contribution in [0.1, 0.15) is 6.42 Å². The number of sulfone groups is 1. The van der Waals surface area contributed by atoms with Crippen molar-refractivity contribution in [2.45, 2.75) is 24.0 Å². The Bertz CT molecular complexity index is 476. The highest BCUT2D eigenvalue weighted by Gasteiger charge is 2.24. The van der Waals surface area contributed by atoms with E-state index < -0.39 is 15.9 Å². The zero-order chi connectivity index (χ0) is 12.5. The summed E-state index contributed by atoms with van der Waals surface area (Å²) in [6.07, 6.45) is 4.16. The minimum absolute atomic E-state index is 0.112. The summed E-state index contributed by atoms with van der Waals surface area (Å²) in [5.41, 5.74) is 0. The molecule has 1 fully saturated rings. The minimum Gasteiger partial charge on any atom is -0.391 e. The van der Waals surface area contributed by atoms with E-state index in [1.807, 2.05) is 0 Å². The van der Waals surface area contributed by atoms with Crippen molar-refractivity contribution < 1.29 is 18.3 Å². The first-order chi connectivity index (χ1) is 7.97. The lowest BCUT2D eigenvalue weighted by atomic mass is 10.0. The average molecular weight is 260 g/mol. The van der Waals surface area contributed by atoms with Gasteiger partial charge in [-0.25, -0.2) is 8.42 Å². The molecular weight excluding hydrogens is 244 g/mol. The molecule has 0 bridgehead atoms. The second kappa shape index (κ2) is 4.75. The van der Waals surface area contributed by atoms with E-state index in [-0.39, 0.29) is 10.8 Å². The smallest absolute Gasteiger partial charge is 0.178 e. The molecular formula is C10H16N2O4S. The van der Waals surface area contributed by atoms with E-state index in [1.54, 1.807) is 0 Å². The van der Waals surface area contributed by atoms with Crippen LogP contribution in [0, 0.1) is 5.92 Å². The van der Waals surface area contributed by atoms with Gasteiger partial charge in [0.05, 0.1) is 25.5 Å². The largest absolute Gasteiger partial charge is 0.391 e. The molecule has 17 heavy (non-hydrogen) atoms. The Balaban J connectivity index is 2.01. The Morgan fingerprint density at radius 3 is 3.00 bits per heavy atom. The summed E-state index contributed by atoms with van der Waals surface area (Å²) in [5.74, 6) is 0.112. The van der Waals surface area contributed by atoms with Crippen LogP contribution < -0.4 is 0 Å². The Hall–Kier alpha value is -0.920. The van der Waals surface area contributed by atoms with Crippen molar-refractivity contribution in [3.05, 3.63) is 12.4 Å². The predicted molar refractivity (Wildman–Crippen MR) is 60.3 cm³/mol. The Morgan fingerprint density at radius 2 is 2.47 bits per heavy atom. The quantitative estimate of drug-likeness (QED) is 0.802. The highest BCUT2D eigenvalue weighted by molar-refractivity contribution is 7.90. The van der Waals surface area contributed by atoms with Crippen LogP contribution in [-0.2, 0) is 21.1 Å². The maximum absolute atomic E-state index is 11.3. The molecule has 2 unspecified atom stereocenters. The van der Waals surface area contributed by atoms with Crippen LogP contribution in [0.15, 0.2) is 17.3 Å². The van der Waals surface area contributed by atoms with Gasteiger partial charge in [-0.1, -0.05) is 0 Å². The van der Waals surface area contributed by atoms with Crippen molar-refractivity contribution in [2.75, 3.05) is 19.5 Å². The van der Waals surface area contributed by atoms with Crippen LogP contribution in [-0.4, -0.2) is 48.9 Å². The van der Waals surface area contributed by atoms with Gasteiger partial charge in [-0.05, 0) is 6.42 Å². The number of aliphatic hydroxyl groups is 1. The second-order valence-corrected chi connectivity index (χ2v) is 6.38. The maximum Gasteiger partial charge on any atom is 0.178 e. The molecule has 1 saturated heterocycles. The summed E-state index contributed by atoms with van der Waals surface area (Å²) < 4.78 is 29.2. The van der Waals surface area contributed by atoms with Crippen molar-refractivity contribution in [1.29, 1.82) is 0 Å². The number of aromatic nitrogens is 2. The molecule has 0 spiro atoms. The van der Waals surface area contributed by atoms with Crippen LogP contribution in [0.5, 0.6) is 0 Å². The third-order valence-corrected chi connectivity index (χ3v) is 3.99. The van der Waals surface area contributed by atoms with E-state index in [9.17, 15) is 13.5 Å². The molecule has 2 atom stereocenters. The van der Waals surface area contributed by atoms with Crippen LogP contribution >= 0.6 is 0 Å². The van der Waals surface area contributed by atoms with Crippen LogP contribution in [0.3, 0.4) is 0 Å². The molecule has 0 radical (unpaired) electrons. The zero-order valence-corrected chi connectivity index (χ0v) is 10.4. The van der Waals surface area contributed by atoms with E-state index >= 15 is 0 Å². The van der Waals surface area contributed by atoms with Crippen molar-refractivity contribution in [3.63, 3.8) is 0 Å². The van der Waals surface area contributed by atoms with Gasteiger partial charge in [0.25, 0.3) is 0 Å². The van der Waals surface area contributed by atoms with Gasteiger partial charge in [0.2, 0.25) is 0 Å². The van der Waals surface area contributed by atoms with Gasteiger partial charge in [0, 0.05) is 25.0 Å². The van der Waals surface area contributed by atoms with Crippen molar-refractivity contribution in [2.24, 2.45) is 5.92 Å². The van der Waals surface area contributed by atoms with Gasteiger partial charge in [-0.2, -0.15) is 5.10 Å². The van der Waals surface area contributed by atoms with E-state index in [2.05, 4.69) is 5.10 Å². The molecule has 0 saturated carbocycles. The maximum atomic E-state index is 11.3. The molecule has 1 N–H and O–H groups in total. The number of nitrogens with zero attached hydrogens (tertiary/aromatic N) is 2. The first-order valence-corrected chi connectivity index (χ1v) is 7.34. The Labute approximate surface area is 100 Å². The molecule has 2 rings (SSSR count). The third-order valence-electron chi connectivity index (χ3n) is 2.92. The number of ether oxygens (including phenoxy) is 1. The fraction of sp³-hybridized carbons (Fsp3) is 0.700. The molecule has 96 valence electrons. The average Bonchev–Trinajstić information content (AvgIpc) is 2.85. The predicted octanol–water partition coefficient (Wildman–Crippen LogP) is -0.316. The Morgan fingerprint density at radius 1 is 1.71 bits per heavy atom. The summed E-state index contributed by atoms with van der Waals surface area (Å²) in [5, 5.41) is 13.9. The standard InChI is InChI=1S/C10H16N2O4S/c1-17(14,15)9-4-11-12(5-9)6-10(13)8-2-3-16-7-8/h4-5,8,10,13H,2-3,6-7H2,1H3. The van der Waals surface area contributed by atoms with E-state index in [4.69, 9.17) is 4.74 Å². The lowest BCUT2D eigenvalue weighted by Crippen LogP contribution is -2.26. The van der Waals surface area contributed by atoms with E-state index in [1.165, 1.54) is 17.1 Å². The van der Waals surface area contributed by atoms with Gasteiger partial charge in [0.15, 0.2) is 9.84 Å². The molecule has 1 aliphatic rings. The number of rotatable bonds is 4. The molecule has 1 aromatic heterocycles. The van der Waals surface area contributed by atoms with Crippen molar-refractivity contribution >= 4 is 9.84 Å². The first kappa shape index (κ1) is 12.5. The molecule has 1 aromatic rings. The highest BCUT2D eigenvalue weighted by Crippen LogP contribution is 2.18. The highest BCUT2D eigenvalue weighted by atomic mass is 32.2. The normalized spacial score (nSPS) is 22.8. The second-order valence-electron chi connectivity index (χ2n) is 4.36. The van der Waals surface area contributed by atoms with Crippen LogP contribution in [0.2, 0.25) is 0 Å². The fourth-order valence-corrected chi connectivity index (χ4v) is 2.38. The van der Waals surface area contributed by atoms with Gasteiger partial charge in [-0.3, -0.25) is 4.68 Å². The molecule has 1 aliphatic heterocycles. The lowest BCUT2D eigenvalue weighted by Gasteiger charge is -2.15. The molecule has 2 heterocycles. The monoisotopic (exact) mass is 260 g/mol. The van der Waals surface area contributed by atoms with Crippen LogP contribution in [0.25, 0.3) is 0 Å². The third kappa shape index (κ3) is 3.05. The summed E-state index contributed by atoms with van der Waals surface area (Å²) in [6.45, 7) is 1.53. The molecule has 6 nitrogen and oxygen atoms in total. The van der Waals surface area contributed by atoms with E-state index in [0.717, 1.165) is 12.7 Å². The van der Waals surface area contributed by atoms with Gasteiger partial charge in [0.1, 0.15) is 4.90 Å². The van der Waals surface area contributed by atoms with E-state index in [0.29, 0.717) is 19.8 Å². The zero-order valence-electron chi connectivity index (χ0n) is 9.61. The summed E-state index contributed by atoms with van der Waals surface area (Å²) in [6, 6.07) is 0. The van der Waals surface area contributed by atoms with Gasteiger partial charge < -0.3 is 9.84 Å². The minimum atomic E-state index is -3.23. The van der Waals surface area contributed by atoms with Crippen LogP contribution in [0.4, 0.5) is 0 Å². The number of hydrogen-bond donors (Lipinski definition) is 1. The van der Waals surface area contributed by atoms with Crippen molar-refractivity contribution in [1.82, 2.24) is 9.78 Å². The molecule has 0 aromatic carbocycles. The van der Waals surface area contributed by atoms with Gasteiger partial charge in [-0.15, -0.1) is 0 Å². The SMILES string of the molecule is CS(=O)(=O)c1cnn(CC(O)C2CCOC2)c1. The van der Waals surface area contributed by atoms with Crippen molar-refractivity contribution in [3.8, 4) is 0 Å². The summed E-state index contributed by atoms with van der Waals surface area (Å²) >= 11 is 0.